The maximum Gasteiger partial charge on any atom is 0.409 e. The first-order valence-electron chi connectivity index (χ1n) is 6.87. The molecule has 1 atom stereocenters. The summed E-state index contributed by atoms with van der Waals surface area (Å²) in [5.41, 5.74) is -0.398. The number of carbonyl (C=O) groups excluding carboxylic acids is 1. The second kappa shape index (κ2) is 6.44. The van der Waals surface area contributed by atoms with Gasteiger partial charge in [-0.25, -0.2) is 0 Å². The van der Waals surface area contributed by atoms with Crippen molar-refractivity contribution in [1.82, 2.24) is 9.88 Å². The fourth-order valence-corrected chi connectivity index (χ4v) is 2.94. The van der Waals surface area contributed by atoms with E-state index >= 15 is 0 Å². The van der Waals surface area contributed by atoms with E-state index in [9.17, 15) is 22.8 Å². The average molecular weight is 338 g/mol. The van der Waals surface area contributed by atoms with Crippen LogP contribution in [-0.2, 0) is 11.3 Å². The second-order valence-corrected chi connectivity index (χ2v) is 7.49. The third-order valence-electron chi connectivity index (χ3n) is 3.44. The number of carbonyl (C=O) groups is 1. The first-order valence-corrected chi connectivity index (χ1v) is 7.68. The van der Waals surface area contributed by atoms with Gasteiger partial charge in [-0.15, -0.1) is 0 Å². The second-order valence-electron chi connectivity index (χ2n) is 6.32. The molecular weight excluding hydrogens is 317 g/mol. The Morgan fingerprint density at radius 2 is 1.82 bits per heavy atom. The topological polar surface area (TPSA) is 51.1 Å². The zero-order valence-electron chi connectivity index (χ0n) is 13.3. The van der Waals surface area contributed by atoms with E-state index < -0.39 is 23.5 Å². The Bertz CT molecular complexity index is 583. The lowest BCUT2D eigenvalue weighted by atomic mass is 9.86. The van der Waals surface area contributed by atoms with Crippen molar-refractivity contribution in [3.8, 4) is 0 Å². The quantitative estimate of drug-likeness (QED) is 0.917. The molecule has 0 fully saturated rings. The number of hydrogen-bond donors (Lipinski definition) is 1. The minimum absolute atomic E-state index is 0.0789. The van der Waals surface area contributed by atoms with Gasteiger partial charge in [0.15, 0.2) is 0 Å². The smallest absolute Gasteiger partial charge is 0.344 e. The number of nitrogens with one attached hydrogen (secondary N) is 1. The van der Waals surface area contributed by atoms with Crippen LogP contribution in [0.2, 0.25) is 0 Å². The van der Waals surface area contributed by atoms with Crippen molar-refractivity contribution in [2.45, 2.75) is 59.8 Å². The van der Waals surface area contributed by atoms with Gasteiger partial charge in [-0.3, -0.25) is 9.59 Å². The first-order chi connectivity index (χ1) is 9.84. The fourth-order valence-electron chi connectivity index (χ4n) is 2.08. The number of aryl methyl sites for hydroxylation is 1. The molecule has 0 radical (unpaired) electrons. The number of amides is 1. The Morgan fingerprint density at radius 3 is 2.18 bits per heavy atom. The van der Waals surface area contributed by atoms with Crippen molar-refractivity contribution in [2.75, 3.05) is 0 Å². The van der Waals surface area contributed by atoms with E-state index in [0.29, 0.717) is 0 Å². The van der Waals surface area contributed by atoms with E-state index in [1.165, 1.54) is 25.3 Å². The van der Waals surface area contributed by atoms with Crippen LogP contribution in [0.4, 0.5) is 13.2 Å². The van der Waals surface area contributed by atoms with Crippen molar-refractivity contribution in [3.05, 3.63) is 20.2 Å². The highest BCUT2D eigenvalue weighted by atomic mass is 32.1. The molecule has 1 heterocycles. The van der Waals surface area contributed by atoms with Crippen molar-refractivity contribution >= 4 is 17.2 Å². The van der Waals surface area contributed by atoms with Crippen molar-refractivity contribution < 1.29 is 18.0 Å². The van der Waals surface area contributed by atoms with Crippen LogP contribution in [0.1, 0.15) is 37.8 Å². The molecule has 1 rings (SSSR count). The van der Waals surface area contributed by atoms with Gasteiger partial charge in [0.1, 0.15) is 6.04 Å². The lowest BCUT2D eigenvalue weighted by molar-refractivity contribution is -0.181. The standard InChI is InChI=1S/C14H21F3N2O2S/c1-8-9(2)22-12(21)19(8)7-6-10(20)18-11(13(3,4)5)14(15,16)17/h11H,6-7H2,1-5H3,(H,18,20)/t11-/m1/s1. The predicted octanol–water partition coefficient (Wildman–Crippen LogP) is 3.01. The minimum Gasteiger partial charge on any atom is -0.344 e. The van der Waals surface area contributed by atoms with E-state index in [0.717, 1.165) is 21.9 Å². The number of aromatic nitrogens is 1. The molecule has 0 saturated carbocycles. The monoisotopic (exact) mass is 338 g/mol. The molecule has 1 aromatic heterocycles. The summed E-state index contributed by atoms with van der Waals surface area (Å²) in [5, 5.41) is 2.04. The highest BCUT2D eigenvalue weighted by Crippen LogP contribution is 2.33. The summed E-state index contributed by atoms with van der Waals surface area (Å²) in [7, 11) is 0. The van der Waals surface area contributed by atoms with Crippen molar-refractivity contribution in [2.24, 2.45) is 5.41 Å². The summed E-state index contributed by atoms with van der Waals surface area (Å²) >= 11 is 1.07. The Labute approximate surface area is 131 Å². The molecule has 22 heavy (non-hydrogen) atoms. The molecule has 0 spiro atoms. The largest absolute Gasteiger partial charge is 0.409 e. The average Bonchev–Trinajstić information content (AvgIpc) is 2.55. The zero-order valence-corrected chi connectivity index (χ0v) is 14.1. The van der Waals surface area contributed by atoms with Gasteiger partial charge in [0.05, 0.1) is 0 Å². The van der Waals surface area contributed by atoms with Crippen molar-refractivity contribution in [3.63, 3.8) is 0 Å². The van der Waals surface area contributed by atoms with Crippen LogP contribution in [0.5, 0.6) is 0 Å². The van der Waals surface area contributed by atoms with Gasteiger partial charge in [-0.2, -0.15) is 13.2 Å². The van der Waals surface area contributed by atoms with Crippen LogP contribution in [0.25, 0.3) is 0 Å². The maximum absolute atomic E-state index is 13.0. The highest BCUT2D eigenvalue weighted by molar-refractivity contribution is 7.09. The lowest BCUT2D eigenvalue weighted by Gasteiger charge is -2.33. The van der Waals surface area contributed by atoms with Gasteiger partial charge in [-0.1, -0.05) is 32.1 Å². The van der Waals surface area contributed by atoms with Gasteiger partial charge in [-0.05, 0) is 19.3 Å². The Morgan fingerprint density at radius 1 is 1.27 bits per heavy atom. The summed E-state index contributed by atoms with van der Waals surface area (Å²) in [6.45, 7) is 7.87. The molecule has 0 aliphatic rings. The summed E-state index contributed by atoms with van der Waals surface area (Å²) < 4.78 is 40.4. The fraction of sp³-hybridized carbons (Fsp3) is 0.714. The lowest BCUT2D eigenvalue weighted by Crippen LogP contribution is -2.53. The van der Waals surface area contributed by atoms with Gasteiger partial charge >= 0.3 is 11.0 Å². The molecule has 0 unspecified atom stereocenters. The molecule has 4 nitrogen and oxygen atoms in total. The minimum atomic E-state index is -4.51. The molecule has 0 aromatic carbocycles. The van der Waals surface area contributed by atoms with Crippen LogP contribution in [0, 0.1) is 19.3 Å². The summed E-state index contributed by atoms with van der Waals surface area (Å²) in [4.78, 5) is 24.1. The predicted molar refractivity (Wildman–Crippen MR) is 80.1 cm³/mol. The SMILES string of the molecule is Cc1sc(=O)n(CCC(=O)N[C@H](C(C)(C)C)C(F)(F)F)c1C. The van der Waals surface area contributed by atoms with E-state index in [-0.39, 0.29) is 17.8 Å². The van der Waals surface area contributed by atoms with Gasteiger partial charge in [0.2, 0.25) is 5.91 Å². The highest BCUT2D eigenvalue weighted by Gasteiger charge is 2.47. The first kappa shape index (κ1) is 18.7. The Kier molecular flexibility index (Phi) is 5.48. The molecule has 126 valence electrons. The van der Waals surface area contributed by atoms with Crippen LogP contribution < -0.4 is 10.2 Å². The molecule has 1 aromatic rings. The molecule has 0 saturated heterocycles. The number of hydrogen-bond acceptors (Lipinski definition) is 3. The number of alkyl halides is 3. The number of halogens is 3. The van der Waals surface area contributed by atoms with E-state index in [2.05, 4.69) is 0 Å². The normalized spacial score (nSPS) is 14.0. The molecule has 0 aliphatic carbocycles. The van der Waals surface area contributed by atoms with Gasteiger partial charge in [0, 0.05) is 23.5 Å². The molecule has 8 heteroatoms. The summed E-state index contributed by atoms with van der Waals surface area (Å²) in [6.07, 6.45) is -4.68. The molecule has 0 aliphatic heterocycles. The third kappa shape index (κ3) is 4.59. The third-order valence-corrected chi connectivity index (χ3v) is 4.43. The number of nitrogens with zero attached hydrogens (tertiary/aromatic N) is 1. The summed E-state index contributed by atoms with van der Waals surface area (Å²) in [5.74, 6) is -0.715. The summed E-state index contributed by atoms with van der Waals surface area (Å²) in [6, 6.07) is -1.92. The van der Waals surface area contributed by atoms with Crippen LogP contribution in [0.3, 0.4) is 0 Å². The molecule has 1 amide bonds. The Hall–Kier alpha value is -1.31. The van der Waals surface area contributed by atoms with Crippen LogP contribution in [-0.4, -0.2) is 22.7 Å². The van der Waals surface area contributed by atoms with E-state index in [4.69, 9.17) is 0 Å². The molecule has 1 N–H and O–H groups in total. The molecule has 0 bridgehead atoms. The van der Waals surface area contributed by atoms with Crippen LogP contribution in [0.15, 0.2) is 4.79 Å². The van der Waals surface area contributed by atoms with Crippen LogP contribution >= 0.6 is 11.3 Å². The molecular formula is C14H21F3N2O2S. The number of rotatable bonds is 4. The van der Waals surface area contributed by atoms with E-state index in [1.807, 2.05) is 5.32 Å². The number of thiazole rings is 1. The van der Waals surface area contributed by atoms with Gasteiger partial charge in [0.25, 0.3) is 0 Å². The maximum atomic E-state index is 13.0. The Balaban J connectivity index is 2.75. The van der Waals surface area contributed by atoms with Crippen molar-refractivity contribution in [1.29, 1.82) is 0 Å². The zero-order chi connectivity index (χ0) is 17.3. The van der Waals surface area contributed by atoms with Gasteiger partial charge < -0.3 is 9.88 Å². The van der Waals surface area contributed by atoms with E-state index in [1.54, 1.807) is 13.8 Å².